The number of ketones is 1. The van der Waals surface area contributed by atoms with Gasteiger partial charge in [-0.2, -0.15) is 0 Å². The second kappa shape index (κ2) is 8.29. The van der Waals surface area contributed by atoms with Gasteiger partial charge in [0.15, 0.2) is 12.9 Å². The third-order valence-corrected chi connectivity index (χ3v) is 8.14. The summed E-state index contributed by atoms with van der Waals surface area (Å²) in [6, 6.07) is 28.1. The number of hydrogen-bond donors (Lipinski definition) is 0. The second-order valence-electron chi connectivity index (χ2n) is 6.36. The summed E-state index contributed by atoms with van der Waals surface area (Å²) < 4.78 is 14.5. The second-order valence-corrected chi connectivity index (χ2v) is 9.34. The largest absolute Gasteiger partial charge is 0.313 e. The van der Waals surface area contributed by atoms with Crippen molar-refractivity contribution in [1.29, 1.82) is 0 Å². The molecule has 0 saturated heterocycles. The molecule has 0 fully saturated rings. The van der Waals surface area contributed by atoms with Gasteiger partial charge in [-0.05, 0) is 6.42 Å². The molecule has 0 aromatic heterocycles. The van der Waals surface area contributed by atoms with Crippen molar-refractivity contribution in [2.45, 2.75) is 25.4 Å². The van der Waals surface area contributed by atoms with Crippen LogP contribution in [-0.4, -0.2) is 11.4 Å². The molecule has 0 aliphatic rings. The minimum atomic E-state index is -3.12. The van der Waals surface area contributed by atoms with Crippen LogP contribution in [0.3, 0.4) is 0 Å². The van der Waals surface area contributed by atoms with E-state index in [4.69, 9.17) is 0 Å². The van der Waals surface area contributed by atoms with Crippen LogP contribution >= 0.6 is 7.14 Å². The first kappa shape index (κ1) is 18.4. The summed E-state index contributed by atoms with van der Waals surface area (Å²) in [7, 11) is -3.12. The van der Waals surface area contributed by atoms with E-state index in [2.05, 4.69) is 0 Å². The summed E-state index contributed by atoms with van der Waals surface area (Å²) in [5.41, 5.74) is 0.0673. The third-order valence-electron chi connectivity index (χ3n) is 4.64. The zero-order chi connectivity index (χ0) is 18.4. The summed E-state index contributed by atoms with van der Waals surface area (Å²) in [4.78, 5) is 13.4. The maximum absolute atomic E-state index is 14.5. The van der Waals surface area contributed by atoms with Crippen LogP contribution < -0.4 is 10.6 Å². The number of Topliss-reactive ketones (excluding diaryl/α,β-unsaturated/α-hetero) is 1. The lowest BCUT2D eigenvalue weighted by molar-refractivity contribution is 0.0983. The summed E-state index contributed by atoms with van der Waals surface area (Å²) >= 11 is 0. The van der Waals surface area contributed by atoms with Crippen LogP contribution in [0.15, 0.2) is 91.0 Å². The van der Waals surface area contributed by atoms with E-state index in [-0.39, 0.29) is 5.78 Å². The van der Waals surface area contributed by atoms with E-state index in [9.17, 15) is 9.36 Å². The fourth-order valence-corrected chi connectivity index (χ4v) is 6.70. The van der Waals surface area contributed by atoms with E-state index < -0.39 is 12.8 Å². The maximum Gasteiger partial charge on any atom is 0.173 e. The van der Waals surface area contributed by atoms with Gasteiger partial charge in [0.25, 0.3) is 0 Å². The molecule has 0 aliphatic carbocycles. The quantitative estimate of drug-likeness (QED) is 0.435. The molecule has 0 bridgehead atoms. The molecule has 0 radical (unpaired) electrons. The van der Waals surface area contributed by atoms with Gasteiger partial charge in [-0.15, -0.1) is 0 Å². The van der Waals surface area contributed by atoms with E-state index >= 15 is 0 Å². The van der Waals surface area contributed by atoms with Crippen molar-refractivity contribution in [1.82, 2.24) is 0 Å². The average molecular weight is 362 g/mol. The van der Waals surface area contributed by atoms with E-state index in [0.29, 0.717) is 12.0 Å². The molecule has 132 valence electrons. The number of carbonyl (C=O) groups excluding carboxylic acids is 1. The lowest BCUT2D eigenvalue weighted by Gasteiger charge is -2.28. The molecule has 1 unspecified atom stereocenters. The summed E-state index contributed by atoms with van der Waals surface area (Å²) in [5.74, 6) is -0.0384. The van der Waals surface area contributed by atoms with Gasteiger partial charge >= 0.3 is 0 Å². The lowest BCUT2D eigenvalue weighted by Crippen LogP contribution is -2.32. The number of benzene rings is 3. The van der Waals surface area contributed by atoms with E-state index in [0.717, 1.165) is 17.0 Å². The van der Waals surface area contributed by atoms with Crippen LogP contribution in [0.4, 0.5) is 0 Å². The first-order valence-electron chi connectivity index (χ1n) is 8.98. The topological polar surface area (TPSA) is 34.1 Å². The molecule has 0 saturated carbocycles. The smallest absolute Gasteiger partial charge is 0.173 e. The van der Waals surface area contributed by atoms with Crippen LogP contribution in [0.25, 0.3) is 0 Å². The van der Waals surface area contributed by atoms with Crippen molar-refractivity contribution in [3.05, 3.63) is 96.6 Å². The number of hydrogen-bond acceptors (Lipinski definition) is 2. The lowest BCUT2D eigenvalue weighted by atomic mass is 10.1. The Morgan fingerprint density at radius 2 is 1.19 bits per heavy atom. The highest BCUT2D eigenvalue weighted by Crippen LogP contribution is 2.51. The highest BCUT2D eigenvalue weighted by atomic mass is 31.2. The zero-order valence-corrected chi connectivity index (χ0v) is 15.8. The van der Waals surface area contributed by atoms with Crippen molar-refractivity contribution in [2.24, 2.45) is 0 Å². The monoisotopic (exact) mass is 362 g/mol. The highest BCUT2D eigenvalue weighted by molar-refractivity contribution is 7.80. The van der Waals surface area contributed by atoms with Gasteiger partial charge in [-0.3, -0.25) is 4.79 Å². The summed E-state index contributed by atoms with van der Waals surface area (Å²) in [5, 5.41) is 1.49. The molecule has 0 aliphatic heterocycles. The Labute approximate surface area is 155 Å². The van der Waals surface area contributed by atoms with Crippen LogP contribution in [0.2, 0.25) is 0 Å². The van der Waals surface area contributed by atoms with Crippen LogP contribution in [-0.2, 0) is 4.57 Å². The van der Waals surface area contributed by atoms with Gasteiger partial charge in [0.1, 0.15) is 0 Å². The molecule has 0 N–H and O–H groups in total. The molecule has 3 aromatic carbocycles. The fourth-order valence-electron chi connectivity index (χ4n) is 3.35. The zero-order valence-electron chi connectivity index (χ0n) is 14.9. The molecular weight excluding hydrogens is 339 g/mol. The van der Waals surface area contributed by atoms with Gasteiger partial charge < -0.3 is 4.57 Å². The predicted molar refractivity (Wildman–Crippen MR) is 109 cm³/mol. The molecule has 2 nitrogen and oxygen atoms in total. The summed E-state index contributed by atoms with van der Waals surface area (Å²) in [6.07, 6.45) is 1.39. The first-order chi connectivity index (χ1) is 12.7. The predicted octanol–water partition coefficient (Wildman–Crippen LogP) is 5.05. The normalized spacial score (nSPS) is 12.5. The van der Waals surface area contributed by atoms with Crippen molar-refractivity contribution in [2.75, 3.05) is 0 Å². The van der Waals surface area contributed by atoms with Gasteiger partial charge in [-0.1, -0.05) is 104 Å². The Kier molecular flexibility index (Phi) is 5.85. The van der Waals surface area contributed by atoms with E-state index in [1.165, 1.54) is 0 Å². The molecule has 0 heterocycles. The molecule has 3 heteroatoms. The molecular formula is C23H23O2P. The molecule has 3 aromatic rings. The maximum atomic E-state index is 14.5. The highest BCUT2D eigenvalue weighted by Gasteiger charge is 2.40. The Hall–Kier alpha value is -2.44. The van der Waals surface area contributed by atoms with Crippen LogP contribution in [0.1, 0.15) is 30.1 Å². The van der Waals surface area contributed by atoms with Gasteiger partial charge in [0.05, 0.1) is 5.66 Å². The molecule has 0 spiro atoms. The Bertz CT molecular complexity index is 846. The molecule has 26 heavy (non-hydrogen) atoms. The Morgan fingerprint density at radius 1 is 0.769 bits per heavy atom. The molecule has 0 amide bonds. The van der Waals surface area contributed by atoms with Crippen LogP contribution in [0, 0.1) is 0 Å². The molecule has 3 rings (SSSR count). The third kappa shape index (κ3) is 3.57. The van der Waals surface area contributed by atoms with E-state index in [1.54, 1.807) is 0 Å². The van der Waals surface area contributed by atoms with Crippen molar-refractivity contribution in [3.63, 3.8) is 0 Å². The minimum absolute atomic E-state index is 0.0384. The van der Waals surface area contributed by atoms with Crippen LogP contribution in [0.5, 0.6) is 0 Å². The summed E-state index contributed by atoms with van der Waals surface area (Å²) in [6.45, 7) is 2.03. The SMILES string of the molecule is CCCC(C(=O)c1ccccc1)P(=O)(c1ccccc1)c1ccccc1. The van der Waals surface area contributed by atoms with Gasteiger partial charge in [0, 0.05) is 16.2 Å². The van der Waals surface area contributed by atoms with Gasteiger partial charge in [0.2, 0.25) is 0 Å². The van der Waals surface area contributed by atoms with Crippen molar-refractivity contribution in [3.8, 4) is 0 Å². The van der Waals surface area contributed by atoms with E-state index in [1.807, 2.05) is 97.9 Å². The Morgan fingerprint density at radius 3 is 1.62 bits per heavy atom. The fraction of sp³-hybridized carbons (Fsp3) is 0.174. The average Bonchev–Trinajstić information content (AvgIpc) is 2.73. The molecule has 1 atom stereocenters. The van der Waals surface area contributed by atoms with Crippen molar-refractivity contribution >= 4 is 23.5 Å². The van der Waals surface area contributed by atoms with Gasteiger partial charge in [-0.25, -0.2) is 0 Å². The Balaban J connectivity index is 2.18. The standard InChI is InChI=1S/C23H23O2P/c1-2-12-22(23(24)19-13-6-3-7-14-19)26(25,20-15-8-4-9-16-20)21-17-10-5-11-18-21/h3-11,13-18,22H,2,12H2,1H3. The first-order valence-corrected chi connectivity index (χ1v) is 10.8. The number of carbonyl (C=O) groups is 1. The minimum Gasteiger partial charge on any atom is -0.313 e. The van der Waals surface area contributed by atoms with Crippen molar-refractivity contribution < 1.29 is 9.36 Å². The number of rotatable bonds is 7.